The molecule has 0 saturated carbocycles. The third-order valence-electron chi connectivity index (χ3n) is 6.27. The number of carbonyl (C=O) groups excluding carboxylic acids is 2. The van der Waals surface area contributed by atoms with Crippen LogP contribution in [0.15, 0.2) is 68.3 Å². The van der Waals surface area contributed by atoms with E-state index >= 15 is 0 Å². The molecule has 2 aliphatic carbocycles. The van der Waals surface area contributed by atoms with Crippen LogP contribution in [0.2, 0.25) is 0 Å². The number of phenolic OH excluding ortho intramolecular Hbond substituents is 1. The first-order valence-electron chi connectivity index (χ1n) is 9.67. The topological polar surface area (TPSA) is 103 Å². The second-order valence-electron chi connectivity index (χ2n) is 7.88. The zero-order valence-corrected chi connectivity index (χ0v) is 16.5. The summed E-state index contributed by atoms with van der Waals surface area (Å²) in [4.78, 5) is 51.3. The van der Waals surface area contributed by atoms with E-state index in [0.29, 0.717) is 22.3 Å². The number of ketones is 2. The standard InChI is InChI=1S/C22H19N3O5/c1-11-9-17(27)19-14(20(11)28)10-15-12(18(19)13-5-3-4-6-16(13)26)7-8-24-21(29)23(2)22(30)25(15)24/h3-7,9,15,18,26H,8,10H2,1-2H3/t15-,18-/m1/s1. The summed E-state index contributed by atoms with van der Waals surface area (Å²) < 4.78 is 3.76. The Bertz CT molecular complexity index is 1360. The van der Waals surface area contributed by atoms with Crippen molar-refractivity contribution in [3.05, 3.63) is 85.2 Å². The van der Waals surface area contributed by atoms with E-state index < -0.39 is 23.3 Å². The van der Waals surface area contributed by atoms with Crippen LogP contribution in [0.25, 0.3) is 0 Å². The van der Waals surface area contributed by atoms with Crippen LogP contribution in [0.1, 0.15) is 30.9 Å². The number of Topliss-reactive ketones (excluding diaryl/α,β-unsaturated/α-hetero) is 1. The molecule has 30 heavy (non-hydrogen) atoms. The van der Waals surface area contributed by atoms with Gasteiger partial charge in [0.25, 0.3) is 0 Å². The maximum absolute atomic E-state index is 13.0. The number of carbonyl (C=O) groups is 2. The van der Waals surface area contributed by atoms with Crippen molar-refractivity contribution in [1.82, 2.24) is 13.9 Å². The minimum absolute atomic E-state index is 0.00537. The fraction of sp³-hybridized carbons (Fsp3) is 0.273. The molecule has 1 N–H and O–H groups in total. The highest BCUT2D eigenvalue weighted by Crippen LogP contribution is 2.51. The number of fused-ring (bicyclic) bond motifs is 3. The zero-order chi connectivity index (χ0) is 21.3. The minimum atomic E-state index is -0.670. The molecule has 8 nitrogen and oxygen atoms in total. The third kappa shape index (κ3) is 2.27. The summed E-state index contributed by atoms with van der Waals surface area (Å²) >= 11 is 0. The molecule has 0 spiro atoms. The van der Waals surface area contributed by atoms with Gasteiger partial charge in [0, 0.05) is 41.7 Å². The Labute approximate surface area is 170 Å². The Kier molecular flexibility index (Phi) is 3.77. The molecule has 5 rings (SSSR count). The number of aromatic hydroxyl groups is 1. The van der Waals surface area contributed by atoms with Gasteiger partial charge in [-0.2, -0.15) is 0 Å². The predicted octanol–water partition coefficient (Wildman–Crippen LogP) is 1.12. The molecule has 0 radical (unpaired) electrons. The van der Waals surface area contributed by atoms with Crippen molar-refractivity contribution in [2.24, 2.45) is 7.05 Å². The van der Waals surface area contributed by atoms with Crippen LogP contribution in [0.4, 0.5) is 0 Å². The first-order chi connectivity index (χ1) is 14.3. The van der Waals surface area contributed by atoms with Gasteiger partial charge >= 0.3 is 11.4 Å². The van der Waals surface area contributed by atoms with Gasteiger partial charge in [-0.25, -0.2) is 23.5 Å². The molecule has 1 aromatic carbocycles. The highest BCUT2D eigenvalue weighted by molar-refractivity contribution is 6.23. The average Bonchev–Trinajstić information content (AvgIpc) is 2.95. The van der Waals surface area contributed by atoms with Crippen molar-refractivity contribution in [3.63, 3.8) is 0 Å². The van der Waals surface area contributed by atoms with Crippen LogP contribution < -0.4 is 11.4 Å². The van der Waals surface area contributed by atoms with Crippen molar-refractivity contribution in [3.8, 4) is 5.75 Å². The first kappa shape index (κ1) is 18.4. The van der Waals surface area contributed by atoms with E-state index in [0.717, 1.165) is 10.1 Å². The Balaban J connectivity index is 1.81. The Morgan fingerprint density at radius 2 is 1.80 bits per heavy atom. The van der Waals surface area contributed by atoms with Gasteiger partial charge in [-0.15, -0.1) is 0 Å². The van der Waals surface area contributed by atoms with Crippen molar-refractivity contribution >= 4 is 11.6 Å². The fourth-order valence-electron chi connectivity index (χ4n) is 4.85. The second-order valence-corrected chi connectivity index (χ2v) is 7.88. The number of benzene rings is 1. The lowest BCUT2D eigenvalue weighted by atomic mass is 9.68. The molecule has 1 aromatic heterocycles. The number of nitrogens with zero attached hydrogens (tertiary/aromatic N) is 3. The lowest BCUT2D eigenvalue weighted by molar-refractivity contribution is -0.116. The lowest BCUT2D eigenvalue weighted by Crippen LogP contribution is -2.40. The fourth-order valence-corrected chi connectivity index (χ4v) is 4.85. The molecule has 2 aromatic rings. The van der Waals surface area contributed by atoms with Crippen LogP contribution in [-0.4, -0.2) is 30.6 Å². The Hall–Kier alpha value is -3.68. The van der Waals surface area contributed by atoms with E-state index in [4.69, 9.17) is 0 Å². The summed E-state index contributed by atoms with van der Waals surface area (Å²) in [5.41, 5.74) is 1.35. The summed E-state index contributed by atoms with van der Waals surface area (Å²) in [5.74, 6) is -1.17. The highest BCUT2D eigenvalue weighted by Gasteiger charge is 2.45. The Morgan fingerprint density at radius 1 is 1.07 bits per heavy atom. The largest absolute Gasteiger partial charge is 0.508 e. The quantitative estimate of drug-likeness (QED) is 0.566. The molecule has 0 bridgehead atoms. The predicted molar refractivity (Wildman–Crippen MR) is 107 cm³/mol. The van der Waals surface area contributed by atoms with E-state index in [1.165, 1.54) is 28.6 Å². The zero-order valence-electron chi connectivity index (χ0n) is 16.5. The normalized spacial score (nSPS) is 22.9. The van der Waals surface area contributed by atoms with E-state index in [9.17, 15) is 24.3 Å². The molecular formula is C22H19N3O5. The van der Waals surface area contributed by atoms with Crippen molar-refractivity contribution in [1.29, 1.82) is 0 Å². The number of para-hydroxylation sites is 1. The van der Waals surface area contributed by atoms with Gasteiger partial charge in [-0.3, -0.25) is 9.59 Å². The Morgan fingerprint density at radius 3 is 2.53 bits per heavy atom. The molecule has 2 atom stereocenters. The lowest BCUT2D eigenvalue weighted by Gasteiger charge is -2.39. The molecule has 0 amide bonds. The first-order valence-corrected chi connectivity index (χ1v) is 9.67. The molecule has 0 fully saturated rings. The number of allylic oxidation sites excluding steroid dienone is 6. The van der Waals surface area contributed by atoms with Gasteiger partial charge in [0.05, 0.1) is 12.6 Å². The van der Waals surface area contributed by atoms with E-state index in [2.05, 4.69) is 0 Å². The monoisotopic (exact) mass is 405 g/mol. The van der Waals surface area contributed by atoms with Crippen LogP contribution in [0.3, 0.4) is 0 Å². The third-order valence-corrected chi connectivity index (χ3v) is 6.27. The van der Waals surface area contributed by atoms with Gasteiger partial charge in [0.1, 0.15) is 5.75 Å². The van der Waals surface area contributed by atoms with Crippen molar-refractivity contribution < 1.29 is 14.7 Å². The van der Waals surface area contributed by atoms with E-state index in [1.54, 1.807) is 25.1 Å². The van der Waals surface area contributed by atoms with Crippen molar-refractivity contribution in [2.75, 3.05) is 0 Å². The molecule has 0 saturated heterocycles. The molecule has 2 heterocycles. The second kappa shape index (κ2) is 6.16. The molecule has 1 aliphatic heterocycles. The summed E-state index contributed by atoms with van der Waals surface area (Å²) in [6, 6.07) is 6.09. The summed E-state index contributed by atoms with van der Waals surface area (Å²) in [6.07, 6.45) is 3.31. The molecule has 0 unspecified atom stereocenters. The molecule has 8 heteroatoms. The number of rotatable bonds is 1. The number of hydrogen-bond acceptors (Lipinski definition) is 5. The number of phenols is 1. The summed E-state index contributed by atoms with van der Waals surface area (Å²) in [6.45, 7) is 1.76. The van der Waals surface area contributed by atoms with Gasteiger partial charge < -0.3 is 5.11 Å². The number of hydrogen-bond donors (Lipinski definition) is 1. The smallest absolute Gasteiger partial charge is 0.347 e. The molecule has 3 aliphatic rings. The molecule has 152 valence electrons. The van der Waals surface area contributed by atoms with Gasteiger partial charge in [0.15, 0.2) is 11.6 Å². The van der Waals surface area contributed by atoms with E-state index in [1.807, 2.05) is 6.08 Å². The van der Waals surface area contributed by atoms with Crippen LogP contribution in [0, 0.1) is 0 Å². The maximum Gasteiger partial charge on any atom is 0.347 e. The summed E-state index contributed by atoms with van der Waals surface area (Å²) in [7, 11) is 1.42. The van der Waals surface area contributed by atoms with Gasteiger partial charge in [-0.05, 0) is 24.6 Å². The summed E-state index contributed by atoms with van der Waals surface area (Å²) in [5, 5.41) is 10.6. The van der Waals surface area contributed by atoms with Gasteiger partial charge in [-0.1, -0.05) is 24.3 Å². The molecular weight excluding hydrogens is 386 g/mol. The average molecular weight is 405 g/mol. The maximum atomic E-state index is 13.0. The van der Waals surface area contributed by atoms with Crippen molar-refractivity contribution in [2.45, 2.75) is 31.8 Å². The van der Waals surface area contributed by atoms with E-state index in [-0.39, 0.29) is 30.3 Å². The highest BCUT2D eigenvalue weighted by atomic mass is 16.3. The van der Waals surface area contributed by atoms with Crippen LogP contribution in [-0.2, 0) is 23.2 Å². The number of aromatic nitrogens is 3. The van der Waals surface area contributed by atoms with Crippen LogP contribution in [0.5, 0.6) is 5.75 Å². The van der Waals surface area contributed by atoms with Gasteiger partial charge in [0.2, 0.25) is 0 Å². The van der Waals surface area contributed by atoms with Crippen LogP contribution >= 0.6 is 0 Å². The minimum Gasteiger partial charge on any atom is -0.508 e. The SMILES string of the molecule is CC1=CC(=O)C2=C(C[C@@H]3C(=CCn4c(=O)n(C)c(=O)n43)[C@@H]2c2ccccc2O)C1=O.